The maximum absolute atomic E-state index is 5.94. The van der Waals surface area contributed by atoms with Crippen molar-refractivity contribution in [2.75, 3.05) is 0 Å². The van der Waals surface area contributed by atoms with Crippen molar-refractivity contribution in [2.45, 2.75) is 0 Å². The molecule has 0 atom stereocenters. The molecule has 0 aliphatic carbocycles. The van der Waals surface area contributed by atoms with Gasteiger partial charge in [-0.2, -0.15) is 0 Å². The molecule has 0 bridgehead atoms. The molecule has 3 aromatic rings. The van der Waals surface area contributed by atoms with Gasteiger partial charge in [-0.3, -0.25) is 0 Å². The van der Waals surface area contributed by atoms with Crippen molar-refractivity contribution < 1.29 is 29.0 Å². The molecule has 0 aliphatic heterocycles. The van der Waals surface area contributed by atoms with Gasteiger partial charge in [0.15, 0.2) is 0 Å². The van der Waals surface area contributed by atoms with Crippen molar-refractivity contribution in [1.82, 2.24) is 0 Å². The molecular formula is C18H16BrO3Ti. The Hall–Kier alpha value is -1.75. The SMILES string of the molecule is Br.c1ccc([O][Ti]([O]c2ccccc2)[O]c2ccccc2)cc1. The van der Waals surface area contributed by atoms with E-state index in [0.717, 1.165) is 17.2 Å². The van der Waals surface area contributed by atoms with E-state index in [2.05, 4.69) is 0 Å². The molecule has 0 N–H and O–H groups in total. The van der Waals surface area contributed by atoms with Gasteiger partial charge in [0, 0.05) is 0 Å². The van der Waals surface area contributed by atoms with Gasteiger partial charge in [-0.1, -0.05) is 0 Å². The van der Waals surface area contributed by atoms with E-state index in [1.807, 2.05) is 91.0 Å². The van der Waals surface area contributed by atoms with Crippen LogP contribution in [0.5, 0.6) is 17.2 Å². The zero-order valence-corrected chi connectivity index (χ0v) is 15.6. The van der Waals surface area contributed by atoms with Gasteiger partial charge in [-0.15, -0.1) is 17.0 Å². The zero-order chi connectivity index (χ0) is 15.0. The predicted molar refractivity (Wildman–Crippen MR) is 91.5 cm³/mol. The van der Waals surface area contributed by atoms with Crippen LogP contribution in [-0.2, 0) is 19.0 Å². The Kier molecular flexibility index (Phi) is 7.20. The fraction of sp³-hybridized carbons (Fsp3) is 0. The van der Waals surface area contributed by atoms with Gasteiger partial charge in [0.25, 0.3) is 0 Å². The fourth-order valence-corrected chi connectivity index (χ4v) is 3.55. The van der Waals surface area contributed by atoms with Crippen LogP contribution in [0.3, 0.4) is 0 Å². The molecule has 3 aromatic carbocycles. The van der Waals surface area contributed by atoms with E-state index in [0.29, 0.717) is 0 Å². The number of hydrogen-bond acceptors (Lipinski definition) is 3. The average Bonchev–Trinajstić information content (AvgIpc) is 2.57. The first kappa shape index (κ1) is 17.6. The number of benzene rings is 3. The summed E-state index contributed by atoms with van der Waals surface area (Å²) >= 11 is -2.72. The van der Waals surface area contributed by atoms with Crippen molar-refractivity contribution >= 4 is 17.0 Å². The molecule has 0 aromatic heterocycles. The minimum absolute atomic E-state index is 0. The molecule has 3 rings (SSSR count). The van der Waals surface area contributed by atoms with Gasteiger partial charge in [0.05, 0.1) is 0 Å². The van der Waals surface area contributed by atoms with Crippen LogP contribution in [0.15, 0.2) is 91.0 Å². The first-order valence-corrected chi connectivity index (χ1v) is 8.87. The van der Waals surface area contributed by atoms with Gasteiger partial charge in [-0.25, -0.2) is 0 Å². The van der Waals surface area contributed by atoms with Crippen LogP contribution in [0.1, 0.15) is 0 Å². The molecule has 117 valence electrons. The van der Waals surface area contributed by atoms with Gasteiger partial charge >= 0.3 is 137 Å². The van der Waals surface area contributed by atoms with Crippen molar-refractivity contribution in [3.05, 3.63) is 91.0 Å². The minimum atomic E-state index is -2.72. The Balaban J connectivity index is 0.00000192. The normalized spacial score (nSPS) is 9.39. The number of para-hydroxylation sites is 3. The molecule has 23 heavy (non-hydrogen) atoms. The summed E-state index contributed by atoms with van der Waals surface area (Å²) in [7, 11) is 0. The van der Waals surface area contributed by atoms with Crippen LogP contribution in [0, 0.1) is 0 Å². The Morgan fingerprint density at radius 1 is 0.435 bits per heavy atom. The second-order valence-corrected chi connectivity index (χ2v) is 6.23. The summed E-state index contributed by atoms with van der Waals surface area (Å²) < 4.78 is 17.8. The molecule has 0 radical (unpaired) electrons. The van der Waals surface area contributed by atoms with E-state index in [1.165, 1.54) is 0 Å². The first-order valence-electron chi connectivity index (χ1n) is 6.96. The number of hydrogen-bond donors (Lipinski definition) is 0. The molecule has 0 aliphatic rings. The third-order valence-corrected chi connectivity index (χ3v) is 4.72. The van der Waals surface area contributed by atoms with Crippen LogP contribution in [0.25, 0.3) is 0 Å². The van der Waals surface area contributed by atoms with E-state index >= 15 is 0 Å². The molecule has 0 fully saturated rings. The summed E-state index contributed by atoms with van der Waals surface area (Å²) in [6.07, 6.45) is 0. The second-order valence-electron chi connectivity index (χ2n) is 4.50. The summed E-state index contributed by atoms with van der Waals surface area (Å²) in [5, 5.41) is 0. The van der Waals surface area contributed by atoms with Crippen molar-refractivity contribution in [2.24, 2.45) is 0 Å². The quantitative estimate of drug-likeness (QED) is 0.528. The summed E-state index contributed by atoms with van der Waals surface area (Å²) in [6.45, 7) is 0. The molecule has 0 amide bonds. The van der Waals surface area contributed by atoms with Gasteiger partial charge in [0.1, 0.15) is 0 Å². The van der Waals surface area contributed by atoms with Crippen LogP contribution < -0.4 is 9.96 Å². The third kappa shape index (κ3) is 5.75. The number of halogens is 1. The van der Waals surface area contributed by atoms with E-state index in [-0.39, 0.29) is 17.0 Å². The molecule has 0 saturated carbocycles. The summed E-state index contributed by atoms with van der Waals surface area (Å²) in [5.74, 6) is 2.26. The predicted octanol–water partition coefficient (Wildman–Crippen LogP) is 5.16. The molecule has 0 spiro atoms. The van der Waals surface area contributed by atoms with Crippen molar-refractivity contribution in [3.63, 3.8) is 0 Å². The van der Waals surface area contributed by atoms with Gasteiger partial charge < -0.3 is 0 Å². The first-order chi connectivity index (χ1) is 10.9. The Labute approximate surface area is 153 Å². The van der Waals surface area contributed by atoms with Crippen LogP contribution in [0.4, 0.5) is 0 Å². The van der Waals surface area contributed by atoms with Crippen LogP contribution in [-0.4, -0.2) is 0 Å². The Bertz CT molecular complexity index is 582. The molecule has 0 unspecified atom stereocenters. The van der Waals surface area contributed by atoms with Crippen molar-refractivity contribution in [1.29, 1.82) is 0 Å². The molecule has 0 saturated heterocycles. The summed E-state index contributed by atoms with van der Waals surface area (Å²) in [5.41, 5.74) is 0. The standard InChI is InChI=1S/3C6H6O.BrH.Ti/c3*7-6-4-2-1-3-5-6;;/h3*1-5,7H;1H;/q;;;;+3/p-3. The van der Waals surface area contributed by atoms with E-state index in [4.69, 9.17) is 9.96 Å². The van der Waals surface area contributed by atoms with Crippen molar-refractivity contribution in [3.8, 4) is 17.2 Å². The second kappa shape index (κ2) is 9.41. The van der Waals surface area contributed by atoms with E-state index < -0.39 is 19.0 Å². The molecule has 5 heteroatoms. The Morgan fingerprint density at radius 2 is 0.696 bits per heavy atom. The third-order valence-electron chi connectivity index (χ3n) is 2.83. The molecule has 3 nitrogen and oxygen atoms in total. The van der Waals surface area contributed by atoms with E-state index in [9.17, 15) is 0 Å². The van der Waals surface area contributed by atoms with Gasteiger partial charge in [-0.05, 0) is 0 Å². The summed E-state index contributed by atoms with van der Waals surface area (Å²) in [4.78, 5) is 0. The number of rotatable bonds is 6. The molecule has 0 heterocycles. The van der Waals surface area contributed by atoms with E-state index in [1.54, 1.807) is 0 Å². The Morgan fingerprint density at radius 3 is 0.957 bits per heavy atom. The maximum atomic E-state index is 5.94. The fourth-order valence-electron chi connectivity index (χ4n) is 1.82. The average molecular weight is 408 g/mol. The van der Waals surface area contributed by atoms with Gasteiger partial charge in [0.2, 0.25) is 0 Å². The van der Waals surface area contributed by atoms with Crippen LogP contribution in [0.2, 0.25) is 0 Å². The monoisotopic (exact) mass is 407 g/mol. The molecular weight excluding hydrogens is 392 g/mol. The topological polar surface area (TPSA) is 27.7 Å². The zero-order valence-electron chi connectivity index (χ0n) is 12.3. The van der Waals surface area contributed by atoms with Crippen LogP contribution >= 0.6 is 17.0 Å². The summed E-state index contributed by atoms with van der Waals surface area (Å²) in [6, 6.07) is 28.8.